The molecule has 2 unspecified atom stereocenters. The number of carbonyl (C=O) groups excluding carboxylic acids is 2. The van der Waals surface area contributed by atoms with E-state index < -0.39 is 6.10 Å². The number of hydrogen-bond acceptors (Lipinski definition) is 4. The van der Waals surface area contributed by atoms with Crippen LogP contribution in [0.15, 0.2) is 0 Å². The summed E-state index contributed by atoms with van der Waals surface area (Å²) in [5, 5.41) is 0. The van der Waals surface area contributed by atoms with Gasteiger partial charge in [0.2, 0.25) is 0 Å². The first-order valence-electron chi connectivity index (χ1n) is 3.84. The molecule has 0 aromatic heterocycles. The number of carbonyl (C=O) groups is 2. The van der Waals surface area contributed by atoms with Gasteiger partial charge in [0, 0.05) is 13.0 Å². The molecule has 2 aliphatic heterocycles. The van der Waals surface area contributed by atoms with Crippen molar-refractivity contribution < 1.29 is 19.1 Å². The van der Waals surface area contributed by atoms with Crippen molar-refractivity contribution in [1.82, 2.24) is 4.90 Å². The highest BCUT2D eigenvalue weighted by molar-refractivity contribution is 5.83. The molecule has 1 amide bonds. The maximum Gasteiger partial charge on any atom is 0.293 e. The molecule has 0 aromatic rings. The second-order valence-corrected chi connectivity index (χ2v) is 2.83. The quantitative estimate of drug-likeness (QED) is 0.517. The summed E-state index contributed by atoms with van der Waals surface area (Å²) < 4.78 is 9.73. The zero-order valence-electron chi connectivity index (χ0n) is 6.43. The average molecular weight is 171 g/mol. The minimum atomic E-state index is -0.567. The van der Waals surface area contributed by atoms with Crippen LogP contribution in [0.5, 0.6) is 0 Å². The van der Waals surface area contributed by atoms with Crippen LogP contribution in [0.4, 0.5) is 0 Å². The van der Waals surface area contributed by atoms with Crippen LogP contribution < -0.4 is 0 Å². The number of amides is 1. The summed E-state index contributed by atoms with van der Waals surface area (Å²) >= 11 is 0. The van der Waals surface area contributed by atoms with E-state index in [2.05, 4.69) is 4.74 Å². The largest absolute Gasteiger partial charge is 0.465 e. The van der Waals surface area contributed by atoms with Crippen molar-refractivity contribution in [1.29, 1.82) is 0 Å². The lowest BCUT2D eigenvalue weighted by Crippen LogP contribution is -2.46. The van der Waals surface area contributed by atoms with E-state index in [1.165, 1.54) is 0 Å². The van der Waals surface area contributed by atoms with Crippen molar-refractivity contribution >= 4 is 12.4 Å². The standard InChI is InChI=1S/C7H9NO4/c9-4-11-3-5-7(10)8-2-1-6(8)12-5/h4-6H,1-3H2. The van der Waals surface area contributed by atoms with Gasteiger partial charge < -0.3 is 14.4 Å². The SMILES string of the molecule is O=COCC1OC2CCN2C1=O. The summed E-state index contributed by atoms with van der Waals surface area (Å²) in [6.07, 6.45) is 0.268. The van der Waals surface area contributed by atoms with Crippen LogP contribution in [0.25, 0.3) is 0 Å². The molecule has 12 heavy (non-hydrogen) atoms. The average Bonchev–Trinajstić information content (AvgIpc) is 2.21. The lowest BCUT2D eigenvalue weighted by atomic mass is 10.2. The highest BCUT2D eigenvalue weighted by atomic mass is 16.6. The number of hydrogen-bond donors (Lipinski definition) is 0. The Labute approximate surface area is 69.2 Å². The van der Waals surface area contributed by atoms with Crippen molar-refractivity contribution in [2.45, 2.75) is 18.8 Å². The van der Waals surface area contributed by atoms with E-state index in [-0.39, 0.29) is 18.7 Å². The van der Waals surface area contributed by atoms with E-state index >= 15 is 0 Å². The monoisotopic (exact) mass is 171 g/mol. The van der Waals surface area contributed by atoms with Gasteiger partial charge in [0.15, 0.2) is 6.10 Å². The molecule has 0 aliphatic carbocycles. The lowest BCUT2D eigenvalue weighted by Gasteiger charge is -2.32. The molecular weight excluding hydrogens is 162 g/mol. The predicted octanol–water partition coefficient (Wildman–Crippen LogP) is -0.883. The Balaban J connectivity index is 1.91. The Morgan fingerprint density at radius 2 is 2.58 bits per heavy atom. The van der Waals surface area contributed by atoms with Crippen LogP contribution in [0.2, 0.25) is 0 Å². The van der Waals surface area contributed by atoms with Crippen molar-refractivity contribution in [3.05, 3.63) is 0 Å². The van der Waals surface area contributed by atoms with Gasteiger partial charge in [-0.05, 0) is 0 Å². The fourth-order valence-electron chi connectivity index (χ4n) is 1.43. The van der Waals surface area contributed by atoms with Crippen LogP contribution in [0.3, 0.4) is 0 Å². The molecule has 0 spiro atoms. The summed E-state index contributed by atoms with van der Waals surface area (Å²) in [4.78, 5) is 22.8. The molecule has 2 fully saturated rings. The third kappa shape index (κ3) is 0.972. The van der Waals surface area contributed by atoms with Crippen molar-refractivity contribution in [2.75, 3.05) is 13.2 Å². The molecular formula is C7H9NO4. The Kier molecular flexibility index (Phi) is 1.73. The second kappa shape index (κ2) is 2.75. The maximum atomic E-state index is 11.3. The molecule has 2 atom stereocenters. The van der Waals surface area contributed by atoms with E-state index in [4.69, 9.17) is 4.74 Å². The minimum Gasteiger partial charge on any atom is -0.465 e. The highest BCUT2D eigenvalue weighted by Gasteiger charge is 2.45. The molecule has 2 heterocycles. The van der Waals surface area contributed by atoms with Gasteiger partial charge in [-0.1, -0.05) is 0 Å². The summed E-state index contributed by atoms with van der Waals surface area (Å²) in [6.45, 7) is 1.13. The summed E-state index contributed by atoms with van der Waals surface area (Å²) in [5.74, 6) is -0.0619. The highest BCUT2D eigenvalue weighted by Crippen LogP contribution is 2.28. The maximum absolute atomic E-state index is 11.3. The summed E-state index contributed by atoms with van der Waals surface area (Å²) in [6, 6.07) is 0. The van der Waals surface area contributed by atoms with E-state index in [0.717, 1.165) is 13.0 Å². The molecule has 2 saturated heterocycles. The number of rotatable bonds is 3. The lowest BCUT2D eigenvalue weighted by molar-refractivity contribution is -0.136. The summed E-state index contributed by atoms with van der Waals surface area (Å²) in [5.41, 5.74) is 0. The molecule has 66 valence electrons. The van der Waals surface area contributed by atoms with Gasteiger partial charge >= 0.3 is 0 Å². The second-order valence-electron chi connectivity index (χ2n) is 2.83. The Morgan fingerprint density at radius 3 is 3.00 bits per heavy atom. The molecule has 2 rings (SSSR count). The molecule has 0 bridgehead atoms. The Hall–Kier alpha value is -1.10. The van der Waals surface area contributed by atoms with Crippen molar-refractivity contribution in [3.63, 3.8) is 0 Å². The molecule has 5 nitrogen and oxygen atoms in total. The first-order chi connectivity index (χ1) is 5.83. The van der Waals surface area contributed by atoms with Gasteiger partial charge in [-0.3, -0.25) is 9.59 Å². The molecule has 0 aromatic carbocycles. The van der Waals surface area contributed by atoms with E-state index in [1.54, 1.807) is 4.90 Å². The number of nitrogens with zero attached hydrogens (tertiary/aromatic N) is 1. The van der Waals surface area contributed by atoms with E-state index in [1.807, 2.05) is 0 Å². The first kappa shape index (κ1) is 7.54. The number of ether oxygens (including phenoxy) is 2. The number of fused-ring (bicyclic) bond motifs is 1. The first-order valence-corrected chi connectivity index (χ1v) is 3.84. The van der Waals surface area contributed by atoms with Crippen LogP contribution in [0.1, 0.15) is 6.42 Å². The molecule has 2 aliphatic rings. The fraction of sp³-hybridized carbons (Fsp3) is 0.714. The van der Waals surface area contributed by atoms with Gasteiger partial charge in [-0.25, -0.2) is 0 Å². The minimum absolute atomic E-state index is 0.0370. The van der Waals surface area contributed by atoms with E-state index in [9.17, 15) is 9.59 Å². The third-order valence-corrected chi connectivity index (χ3v) is 2.16. The fourth-order valence-corrected chi connectivity index (χ4v) is 1.43. The van der Waals surface area contributed by atoms with Gasteiger partial charge in [-0.2, -0.15) is 0 Å². The van der Waals surface area contributed by atoms with Gasteiger partial charge in [0.05, 0.1) is 0 Å². The van der Waals surface area contributed by atoms with Crippen LogP contribution >= 0.6 is 0 Å². The van der Waals surface area contributed by atoms with Gasteiger partial charge in [0.25, 0.3) is 12.4 Å². The smallest absolute Gasteiger partial charge is 0.293 e. The Morgan fingerprint density at radius 1 is 1.75 bits per heavy atom. The van der Waals surface area contributed by atoms with E-state index in [0.29, 0.717) is 6.47 Å². The van der Waals surface area contributed by atoms with Crippen molar-refractivity contribution in [2.24, 2.45) is 0 Å². The summed E-state index contributed by atoms with van der Waals surface area (Å²) in [7, 11) is 0. The topological polar surface area (TPSA) is 55.8 Å². The van der Waals surface area contributed by atoms with Gasteiger partial charge in [0.1, 0.15) is 12.8 Å². The van der Waals surface area contributed by atoms with Crippen molar-refractivity contribution in [3.8, 4) is 0 Å². The normalized spacial score (nSPS) is 32.7. The molecule has 0 N–H and O–H groups in total. The van der Waals surface area contributed by atoms with Gasteiger partial charge in [-0.15, -0.1) is 0 Å². The molecule has 0 radical (unpaired) electrons. The Bertz CT molecular complexity index is 217. The zero-order chi connectivity index (χ0) is 8.55. The molecule has 5 heteroatoms. The van der Waals surface area contributed by atoms with Crippen LogP contribution in [-0.2, 0) is 19.1 Å². The molecule has 0 saturated carbocycles. The van der Waals surface area contributed by atoms with Crippen LogP contribution in [0, 0.1) is 0 Å². The zero-order valence-corrected chi connectivity index (χ0v) is 6.43. The predicted molar refractivity (Wildman–Crippen MR) is 37.0 cm³/mol. The van der Waals surface area contributed by atoms with Crippen LogP contribution in [-0.4, -0.2) is 42.8 Å². The third-order valence-electron chi connectivity index (χ3n) is 2.16.